The summed E-state index contributed by atoms with van der Waals surface area (Å²) in [5.41, 5.74) is 3.00. The van der Waals surface area contributed by atoms with E-state index < -0.39 is 5.97 Å². The average Bonchev–Trinajstić information content (AvgIpc) is 2.83. The lowest BCUT2D eigenvalue weighted by molar-refractivity contribution is -0.136. The summed E-state index contributed by atoms with van der Waals surface area (Å²) in [5.74, 6) is -0.806. The van der Waals surface area contributed by atoms with E-state index in [9.17, 15) is 4.79 Å². The standard InChI is InChI=1S/C16H13NO2/c18-16(19)11-12-5-7-14(8-6-12)17-10-9-13-3-1-2-4-15(13)17/h1-10H,11H2,(H,18,19). The number of para-hydroxylation sites is 1. The monoisotopic (exact) mass is 251 g/mol. The van der Waals surface area contributed by atoms with Gasteiger partial charge in [-0.05, 0) is 35.2 Å². The highest BCUT2D eigenvalue weighted by Crippen LogP contribution is 2.20. The molecule has 0 spiro atoms. The molecule has 0 saturated heterocycles. The molecule has 0 aliphatic carbocycles. The van der Waals surface area contributed by atoms with Crippen LogP contribution in [0.3, 0.4) is 0 Å². The molecule has 3 rings (SSSR count). The number of nitrogens with zero attached hydrogens (tertiary/aromatic N) is 1. The molecular formula is C16H13NO2. The number of aliphatic carboxylic acids is 1. The molecule has 0 fully saturated rings. The Morgan fingerprint density at radius 3 is 2.47 bits per heavy atom. The van der Waals surface area contributed by atoms with Crippen molar-refractivity contribution in [2.24, 2.45) is 0 Å². The first-order valence-electron chi connectivity index (χ1n) is 6.11. The van der Waals surface area contributed by atoms with Crippen LogP contribution in [-0.4, -0.2) is 15.6 Å². The van der Waals surface area contributed by atoms with Crippen LogP contribution in [0.25, 0.3) is 16.6 Å². The first-order chi connectivity index (χ1) is 9.24. The van der Waals surface area contributed by atoms with Crippen LogP contribution in [-0.2, 0) is 11.2 Å². The van der Waals surface area contributed by atoms with E-state index in [1.807, 2.05) is 42.6 Å². The minimum Gasteiger partial charge on any atom is -0.481 e. The smallest absolute Gasteiger partial charge is 0.307 e. The molecule has 0 amide bonds. The van der Waals surface area contributed by atoms with Crippen LogP contribution in [0.1, 0.15) is 5.56 Å². The van der Waals surface area contributed by atoms with Crippen molar-refractivity contribution in [1.29, 1.82) is 0 Å². The average molecular weight is 251 g/mol. The number of fused-ring (bicyclic) bond motifs is 1. The molecule has 3 nitrogen and oxygen atoms in total. The van der Waals surface area contributed by atoms with Gasteiger partial charge in [-0.1, -0.05) is 30.3 Å². The van der Waals surface area contributed by atoms with Crippen molar-refractivity contribution in [3.8, 4) is 5.69 Å². The molecule has 0 radical (unpaired) electrons. The largest absolute Gasteiger partial charge is 0.481 e. The van der Waals surface area contributed by atoms with Crippen molar-refractivity contribution >= 4 is 16.9 Å². The predicted molar refractivity (Wildman–Crippen MR) is 74.6 cm³/mol. The Morgan fingerprint density at radius 2 is 1.74 bits per heavy atom. The van der Waals surface area contributed by atoms with Gasteiger partial charge in [0, 0.05) is 11.9 Å². The van der Waals surface area contributed by atoms with Crippen LogP contribution in [0.4, 0.5) is 0 Å². The fourth-order valence-corrected chi connectivity index (χ4v) is 2.26. The molecule has 0 unspecified atom stereocenters. The zero-order chi connectivity index (χ0) is 13.2. The number of hydrogen-bond donors (Lipinski definition) is 1. The third-order valence-corrected chi connectivity index (χ3v) is 3.17. The van der Waals surface area contributed by atoms with Crippen molar-refractivity contribution in [3.63, 3.8) is 0 Å². The van der Waals surface area contributed by atoms with E-state index in [2.05, 4.69) is 22.8 Å². The van der Waals surface area contributed by atoms with Crippen molar-refractivity contribution < 1.29 is 9.90 Å². The normalized spacial score (nSPS) is 10.7. The molecule has 0 saturated carbocycles. The molecule has 3 heteroatoms. The lowest BCUT2D eigenvalue weighted by Gasteiger charge is -2.06. The van der Waals surface area contributed by atoms with Gasteiger partial charge in [-0.15, -0.1) is 0 Å². The van der Waals surface area contributed by atoms with Gasteiger partial charge in [-0.25, -0.2) is 0 Å². The van der Waals surface area contributed by atoms with Gasteiger partial charge in [0.2, 0.25) is 0 Å². The highest BCUT2D eigenvalue weighted by atomic mass is 16.4. The van der Waals surface area contributed by atoms with Crippen LogP contribution in [0, 0.1) is 0 Å². The lowest BCUT2D eigenvalue weighted by atomic mass is 10.1. The number of hydrogen-bond acceptors (Lipinski definition) is 1. The fourth-order valence-electron chi connectivity index (χ4n) is 2.26. The summed E-state index contributed by atoms with van der Waals surface area (Å²) in [6.45, 7) is 0. The Labute approximate surface area is 110 Å². The summed E-state index contributed by atoms with van der Waals surface area (Å²) in [6.07, 6.45) is 2.09. The first kappa shape index (κ1) is 11.5. The molecule has 1 heterocycles. The van der Waals surface area contributed by atoms with E-state index >= 15 is 0 Å². The Morgan fingerprint density at radius 1 is 1.00 bits per heavy atom. The number of carboxylic acids is 1. The highest BCUT2D eigenvalue weighted by molar-refractivity contribution is 5.81. The molecule has 19 heavy (non-hydrogen) atoms. The summed E-state index contributed by atoms with van der Waals surface area (Å²) in [6, 6.07) is 17.9. The molecule has 0 aliphatic rings. The Kier molecular flexibility index (Phi) is 2.80. The third-order valence-electron chi connectivity index (χ3n) is 3.17. The zero-order valence-electron chi connectivity index (χ0n) is 10.3. The minimum atomic E-state index is -0.806. The maximum Gasteiger partial charge on any atom is 0.307 e. The van der Waals surface area contributed by atoms with Gasteiger partial charge >= 0.3 is 5.97 Å². The van der Waals surface area contributed by atoms with E-state index in [4.69, 9.17) is 5.11 Å². The van der Waals surface area contributed by atoms with Crippen molar-refractivity contribution in [1.82, 2.24) is 4.57 Å². The van der Waals surface area contributed by atoms with Gasteiger partial charge in [0.25, 0.3) is 0 Å². The lowest BCUT2D eigenvalue weighted by Crippen LogP contribution is -2.00. The number of benzene rings is 2. The molecule has 1 N–H and O–H groups in total. The summed E-state index contributed by atoms with van der Waals surface area (Å²) in [5, 5.41) is 9.95. The van der Waals surface area contributed by atoms with E-state index in [1.165, 1.54) is 5.39 Å². The van der Waals surface area contributed by atoms with E-state index in [-0.39, 0.29) is 6.42 Å². The SMILES string of the molecule is O=C(O)Cc1ccc(-n2ccc3ccccc32)cc1. The van der Waals surface area contributed by atoms with Gasteiger partial charge in [-0.2, -0.15) is 0 Å². The molecule has 94 valence electrons. The Hall–Kier alpha value is -2.55. The molecule has 0 atom stereocenters. The second-order valence-electron chi connectivity index (χ2n) is 4.48. The molecule has 1 aromatic heterocycles. The third kappa shape index (κ3) is 2.22. The summed E-state index contributed by atoms with van der Waals surface area (Å²) < 4.78 is 2.10. The van der Waals surface area contributed by atoms with E-state index in [0.717, 1.165) is 16.8 Å². The fraction of sp³-hybridized carbons (Fsp3) is 0.0625. The van der Waals surface area contributed by atoms with E-state index in [1.54, 1.807) is 0 Å². The summed E-state index contributed by atoms with van der Waals surface area (Å²) in [7, 11) is 0. The maximum atomic E-state index is 10.7. The number of carboxylic acid groups (broad SMARTS) is 1. The number of rotatable bonds is 3. The second-order valence-corrected chi connectivity index (χ2v) is 4.48. The quantitative estimate of drug-likeness (QED) is 0.776. The topological polar surface area (TPSA) is 42.2 Å². The first-order valence-corrected chi connectivity index (χ1v) is 6.11. The van der Waals surface area contributed by atoms with Crippen molar-refractivity contribution in [3.05, 3.63) is 66.4 Å². The highest BCUT2D eigenvalue weighted by Gasteiger charge is 2.04. The Bertz CT molecular complexity index is 726. The molecule has 3 aromatic rings. The van der Waals surface area contributed by atoms with Gasteiger partial charge < -0.3 is 9.67 Å². The van der Waals surface area contributed by atoms with Crippen LogP contribution in [0.5, 0.6) is 0 Å². The number of carbonyl (C=O) groups is 1. The summed E-state index contributed by atoms with van der Waals surface area (Å²) >= 11 is 0. The van der Waals surface area contributed by atoms with Crippen molar-refractivity contribution in [2.45, 2.75) is 6.42 Å². The van der Waals surface area contributed by atoms with Gasteiger partial charge in [0.1, 0.15) is 0 Å². The molecular weight excluding hydrogens is 238 g/mol. The van der Waals surface area contributed by atoms with Gasteiger partial charge in [-0.3, -0.25) is 4.79 Å². The molecule has 0 aliphatic heterocycles. The minimum absolute atomic E-state index is 0.0622. The van der Waals surface area contributed by atoms with Gasteiger partial charge in [0.05, 0.1) is 11.9 Å². The van der Waals surface area contributed by atoms with Crippen LogP contribution >= 0.6 is 0 Å². The summed E-state index contributed by atoms with van der Waals surface area (Å²) in [4.78, 5) is 10.7. The van der Waals surface area contributed by atoms with Gasteiger partial charge in [0.15, 0.2) is 0 Å². The number of aromatic nitrogens is 1. The van der Waals surface area contributed by atoms with Crippen molar-refractivity contribution in [2.75, 3.05) is 0 Å². The van der Waals surface area contributed by atoms with Crippen LogP contribution in [0.15, 0.2) is 60.8 Å². The van der Waals surface area contributed by atoms with Crippen LogP contribution in [0.2, 0.25) is 0 Å². The maximum absolute atomic E-state index is 10.7. The predicted octanol–water partition coefficient (Wildman–Crippen LogP) is 3.26. The second kappa shape index (κ2) is 4.61. The van der Waals surface area contributed by atoms with Crippen LogP contribution < -0.4 is 0 Å². The molecule has 2 aromatic carbocycles. The van der Waals surface area contributed by atoms with E-state index in [0.29, 0.717) is 0 Å². The zero-order valence-corrected chi connectivity index (χ0v) is 10.3. The Balaban J connectivity index is 2.00. The molecule has 0 bridgehead atoms.